The molecule has 7 heteroatoms. The number of ether oxygens (including phenoxy) is 1. The Morgan fingerprint density at radius 1 is 1.57 bits per heavy atom. The molecule has 0 radical (unpaired) electrons. The van der Waals surface area contributed by atoms with Crippen LogP contribution in [0.15, 0.2) is 0 Å². The highest BCUT2D eigenvalue weighted by atomic mass is 19.4. The van der Waals surface area contributed by atoms with E-state index >= 15 is 0 Å². The molecule has 0 aromatic rings. The molecule has 1 saturated heterocycles. The van der Waals surface area contributed by atoms with Crippen molar-refractivity contribution in [3.63, 3.8) is 0 Å². The van der Waals surface area contributed by atoms with Gasteiger partial charge in [0, 0.05) is 6.54 Å². The molecule has 1 aliphatic rings. The Labute approximate surface area is 77.8 Å². The van der Waals surface area contributed by atoms with Crippen LogP contribution in [0.1, 0.15) is 0 Å². The topological polar surface area (TPSA) is 53.3 Å². The molecule has 4 nitrogen and oxygen atoms in total. The molecule has 1 heterocycles. The number of carbonyl (C=O) groups excluding carboxylic acids is 1. The van der Waals surface area contributed by atoms with Crippen LogP contribution >= 0.6 is 0 Å². The summed E-state index contributed by atoms with van der Waals surface area (Å²) in [5.41, 5.74) is 0. The molecule has 1 rings (SSSR count). The smallest absolute Gasteiger partial charge is 0.360 e. The van der Waals surface area contributed by atoms with Gasteiger partial charge in [-0.25, -0.2) is 0 Å². The molecule has 0 aliphatic carbocycles. The minimum atomic E-state index is -4.88. The molecule has 0 N–H and O–H groups in total. The summed E-state index contributed by atoms with van der Waals surface area (Å²) in [5.74, 6) is -1.92. The highest BCUT2D eigenvalue weighted by Crippen LogP contribution is 2.19. The number of morpholine rings is 1. The highest BCUT2D eigenvalue weighted by molar-refractivity contribution is 5.82. The van der Waals surface area contributed by atoms with Gasteiger partial charge in [0.15, 0.2) is 6.10 Å². The van der Waals surface area contributed by atoms with Gasteiger partial charge >= 0.3 is 12.1 Å². The summed E-state index contributed by atoms with van der Waals surface area (Å²) in [4.78, 5) is 11.3. The molecular formula is C7H7F3N2O2. The predicted octanol–water partition coefficient (Wildman–Crippen LogP) is 0.300. The SMILES string of the molecule is N#CC1CN(C(=O)C(F)(F)F)CCO1. The quantitative estimate of drug-likeness (QED) is 0.575. The Bertz CT molecular complexity index is 271. The van der Waals surface area contributed by atoms with Crippen molar-refractivity contribution in [1.29, 1.82) is 5.26 Å². The van der Waals surface area contributed by atoms with E-state index < -0.39 is 18.2 Å². The van der Waals surface area contributed by atoms with Crippen LogP contribution in [0.4, 0.5) is 13.2 Å². The summed E-state index contributed by atoms with van der Waals surface area (Å²) < 4.78 is 40.6. The first-order valence-corrected chi connectivity index (χ1v) is 3.82. The zero-order valence-electron chi connectivity index (χ0n) is 7.04. The Balaban J connectivity index is 2.62. The molecular weight excluding hydrogens is 201 g/mol. The van der Waals surface area contributed by atoms with Gasteiger partial charge in [0.25, 0.3) is 0 Å². The van der Waals surface area contributed by atoms with E-state index in [2.05, 4.69) is 0 Å². The van der Waals surface area contributed by atoms with Crippen molar-refractivity contribution < 1.29 is 22.7 Å². The van der Waals surface area contributed by atoms with E-state index in [1.54, 1.807) is 6.07 Å². The number of halogens is 3. The van der Waals surface area contributed by atoms with Crippen LogP contribution in [-0.2, 0) is 9.53 Å². The van der Waals surface area contributed by atoms with Crippen molar-refractivity contribution in [2.45, 2.75) is 12.3 Å². The fourth-order valence-electron chi connectivity index (χ4n) is 1.09. The lowest BCUT2D eigenvalue weighted by Crippen LogP contribution is -2.49. The van der Waals surface area contributed by atoms with Gasteiger partial charge in [-0.1, -0.05) is 0 Å². The maximum atomic E-state index is 11.9. The Morgan fingerprint density at radius 3 is 2.71 bits per heavy atom. The van der Waals surface area contributed by atoms with Crippen molar-refractivity contribution in [3.8, 4) is 6.07 Å². The number of nitriles is 1. The van der Waals surface area contributed by atoms with Crippen LogP contribution in [0.5, 0.6) is 0 Å². The second kappa shape index (κ2) is 3.84. The van der Waals surface area contributed by atoms with Gasteiger partial charge in [-0.2, -0.15) is 18.4 Å². The lowest BCUT2D eigenvalue weighted by Gasteiger charge is -2.30. The fourth-order valence-corrected chi connectivity index (χ4v) is 1.09. The van der Waals surface area contributed by atoms with Crippen LogP contribution in [0.25, 0.3) is 0 Å². The summed E-state index contributed by atoms with van der Waals surface area (Å²) in [6, 6.07) is 1.66. The van der Waals surface area contributed by atoms with Crippen molar-refractivity contribution in [2.24, 2.45) is 0 Å². The van der Waals surface area contributed by atoms with Gasteiger partial charge in [-0.15, -0.1) is 0 Å². The van der Waals surface area contributed by atoms with Crippen molar-refractivity contribution >= 4 is 5.91 Å². The fraction of sp³-hybridized carbons (Fsp3) is 0.714. The average Bonchev–Trinajstić information content (AvgIpc) is 2.15. The summed E-state index contributed by atoms with van der Waals surface area (Å²) >= 11 is 0. The third kappa shape index (κ3) is 2.35. The van der Waals surface area contributed by atoms with Gasteiger partial charge in [0.05, 0.1) is 19.2 Å². The van der Waals surface area contributed by atoms with Gasteiger partial charge in [-0.3, -0.25) is 4.79 Å². The maximum Gasteiger partial charge on any atom is 0.471 e. The lowest BCUT2D eigenvalue weighted by atomic mass is 10.3. The van der Waals surface area contributed by atoms with Gasteiger partial charge in [0.2, 0.25) is 0 Å². The summed E-state index contributed by atoms with van der Waals surface area (Å²) in [5, 5.41) is 8.40. The van der Waals surface area contributed by atoms with Crippen LogP contribution in [-0.4, -0.2) is 42.8 Å². The number of alkyl halides is 3. The standard InChI is InChI=1S/C7H7F3N2O2/c8-7(9,10)6(13)12-1-2-14-5(3-11)4-12/h5H,1-2,4H2. The van der Waals surface area contributed by atoms with Crippen LogP contribution < -0.4 is 0 Å². The average molecular weight is 208 g/mol. The Morgan fingerprint density at radius 2 is 2.21 bits per heavy atom. The first kappa shape index (κ1) is 10.8. The molecule has 0 aromatic carbocycles. The predicted molar refractivity (Wildman–Crippen MR) is 38.0 cm³/mol. The minimum Gasteiger partial charge on any atom is -0.360 e. The van der Waals surface area contributed by atoms with E-state index in [0.29, 0.717) is 4.90 Å². The normalized spacial score (nSPS) is 23.0. The van der Waals surface area contributed by atoms with E-state index in [0.717, 1.165) is 0 Å². The van der Waals surface area contributed by atoms with Gasteiger partial charge in [-0.05, 0) is 0 Å². The largest absolute Gasteiger partial charge is 0.471 e. The van der Waals surface area contributed by atoms with E-state index in [1.165, 1.54) is 0 Å². The summed E-state index contributed by atoms with van der Waals surface area (Å²) in [7, 11) is 0. The monoisotopic (exact) mass is 208 g/mol. The van der Waals surface area contributed by atoms with E-state index in [4.69, 9.17) is 10.00 Å². The number of hydrogen-bond donors (Lipinski definition) is 0. The second-order valence-corrected chi connectivity index (χ2v) is 2.74. The van der Waals surface area contributed by atoms with Crippen molar-refractivity contribution in [3.05, 3.63) is 0 Å². The molecule has 0 spiro atoms. The molecule has 0 bridgehead atoms. The highest BCUT2D eigenvalue weighted by Gasteiger charge is 2.43. The first-order valence-electron chi connectivity index (χ1n) is 3.82. The number of rotatable bonds is 0. The van der Waals surface area contributed by atoms with Crippen LogP contribution in [0.3, 0.4) is 0 Å². The number of amides is 1. The van der Waals surface area contributed by atoms with E-state index in [1.807, 2.05) is 0 Å². The third-order valence-corrected chi connectivity index (χ3v) is 1.74. The molecule has 1 amide bonds. The molecule has 1 unspecified atom stereocenters. The molecule has 78 valence electrons. The van der Waals surface area contributed by atoms with Crippen molar-refractivity contribution in [1.82, 2.24) is 4.90 Å². The van der Waals surface area contributed by atoms with Crippen LogP contribution in [0.2, 0.25) is 0 Å². The second-order valence-electron chi connectivity index (χ2n) is 2.74. The maximum absolute atomic E-state index is 11.9. The zero-order chi connectivity index (χ0) is 10.8. The number of nitrogens with zero attached hydrogens (tertiary/aromatic N) is 2. The molecule has 1 aliphatic heterocycles. The molecule has 1 fully saturated rings. The Hall–Kier alpha value is -1.29. The van der Waals surface area contributed by atoms with Crippen molar-refractivity contribution in [2.75, 3.05) is 19.7 Å². The Kier molecular flexibility index (Phi) is 2.96. The number of carbonyl (C=O) groups is 1. The lowest BCUT2D eigenvalue weighted by molar-refractivity contribution is -0.190. The number of hydrogen-bond acceptors (Lipinski definition) is 3. The third-order valence-electron chi connectivity index (χ3n) is 1.74. The van der Waals surface area contributed by atoms with E-state index in [-0.39, 0.29) is 19.7 Å². The van der Waals surface area contributed by atoms with E-state index in [9.17, 15) is 18.0 Å². The molecule has 0 aromatic heterocycles. The van der Waals surface area contributed by atoms with Crippen LogP contribution in [0, 0.1) is 11.3 Å². The summed E-state index contributed by atoms with van der Waals surface area (Å²) in [6.45, 7) is -0.495. The van der Waals surface area contributed by atoms with Gasteiger partial charge in [0.1, 0.15) is 0 Å². The molecule has 1 atom stereocenters. The van der Waals surface area contributed by atoms with Gasteiger partial charge < -0.3 is 9.64 Å². The molecule has 0 saturated carbocycles. The zero-order valence-corrected chi connectivity index (χ0v) is 7.04. The first-order chi connectivity index (χ1) is 6.45. The molecule has 14 heavy (non-hydrogen) atoms. The minimum absolute atomic E-state index is 0.0416. The summed E-state index contributed by atoms with van der Waals surface area (Å²) in [6.07, 6.45) is -5.84.